The molecule has 1 fully saturated rings. The van der Waals surface area contributed by atoms with Gasteiger partial charge in [0.2, 0.25) is 0 Å². The van der Waals surface area contributed by atoms with Gasteiger partial charge in [-0.1, -0.05) is 183 Å². The molecule has 5 rings (SSSR count). The van der Waals surface area contributed by atoms with E-state index in [2.05, 4.69) is 137 Å². The van der Waals surface area contributed by atoms with Crippen LogP contribution in [0.3, 0.4) is 0 Å². The number of aromatic nitrogens is 1. The van der Waals surface area contributed by atoms with Crippen LogP contribution in [0.25, 0.3) is 11.1 Å². The largest absolute Gasteiger partial charge is 0.379 e. The smallest absolute Gasteiger partial charge is 0.147 e. The van der Waals surface area contributed by atoms with Crippen molar-refractivity contribution in [3.8, 4) is 11.1 Å². The minimum absolute atomic E-state index is 0.0139. The highest BCUT2D eigenvalue weighted by Gasteiger charge is 2.21. The molecule has 26 heteroatoms. The molecule has 1 aromatic heterocycles. The maximum absolute atomic E-state index is 11.4. The van der Waals surface area contributed by atoms with Crippen LogP contribution in [0.1, 0.15) is 226 Å². The second-order valence-electron chi connectivity index (χ2n) is 33.0. The van der Waals surface area contributed by atoms with Crippen molar-refractivity contribution in [3.63, 3.8) is 0 Å². The topological polar surface area (TPSA) is 357 Å². The summed E-state index contributed by atoms with van der Waals surface area (Å²) in [6, 6.07) is 32.4. The van der Waals surface area contributed by atoms with Crippen LogP contribution < -0.4 is 63.8 Å². The molecule has 1 aliphatic rings. The minimum atomic E-state index is -0.154. The number of Topliss-reactive ketones (excluding diaryl/α,β-unsaturated/α-hetero) is 11. The fourth-order valence-corrected chi connectivity index (χ4v) is 12.2. The second-order valence-corrected chi connectivity index (χ2v) is 33.0. The first-order valence-corrected chi connectivity index (χ1v) is 46.1. The van der Waals surface area contributed by atoms with E-state index in [1.54, 1.807) is 95.9 Å². The lowest BCUT2D eigenvalue weighted by molar-refractivity contribution is -0.121. The first kappa shape index (κ1) is 134. The highest BCUT2D eigenvalue weighted by molar-refractivity contribution is 5.85. The van der Waals surface area contributed by atoms with Crippen LogP contribution in [0.15, 0.2) is 134 Å². The molecule has 4 aromatic rings. The van der Waals surface area contributed by atoms with Gasteiger partial charge >= 0.3 is 0 Å². The fraction of sp³-hybridized carbons (Fsp3) is 0.631. The predicted molar refractivity (Wildman–Crippen MR) is 542 cm³/mol. The molecule has 10 atom stereocenters. The van der Waals surface area contributed by atoms with Crippen molar-refractivity contribution < 1.29 is 57.5 Å². The van der Waals surface area contributed by atoms with Gasteiger partial charge < -0.3 is 73.3 Å². The summed E-state index contributed by atoms with van der Waals surface area (Å²) < 4.78 is 5.23. The number of benzene rings is 3. The summed E-state index contributed by atoms with van der Waals surface area (Å²) in [7, 11) is 21.9. The molecule has 1 saturated heterocycles. The van der Waals surface area contributed by atoms with Crippen LogP contribution in [-0.4, -0.2) is 264 Å². The number of carbonyl (C=O) groups excluding carboxylic acids is 11. The Kier molecular flexibility index (Phi) is 92.9. The summed E-state index contributed by atoms with van der Waals surface area (Å²) in [6.07, 6.45) is 17.1. The number of hydrogen-bond donors (Lipinski definition) is 12. The summed E-state index contributed by atoms with van der Waals surface area (Å²) in [5.41, 5.74) is 8.33. The van der Waals surface area contributed by atoms with E-state index in [1.807, 2.05) is 173 Å². The third kappa shape index (κ3) is 80.7. The first-order chi connectivity index (χ1) is 60.8. The van der Waals surface area contributed by atoms with Crippen LogP contribution in [0, 0.1) is 11.8 Å². The van der Waals surface area contributed by atoms with Gasteiger partial charge in [0.25, 0.3) is 0 Å². The van der Waals surface area contributed by atoms with Gasteiger partial charge in [-0.05, 0) is 285 Å². The average molecular weight is 1810 g/mol. The van der Waals surface area contributed by atoms with Crippen LogP contribution in [0.4, 0.5) is 0 Å². The normalized spacial score (nSPS) is 13.3. The van der Waals surface area contributed by atoms with Crippen molar-refractivity contribution >= 4 is 63.6 Å². The van der Waals surface area contributed by atoms with Crippen LogP contribution in [-0.2, 0) is 76.7 Å². The number of nitrogens with zero attached hydrogens (tertiary/aromatic N) is 2. The Labute approximate surface area is 783 Å². The summed E-state index contributed by atoms with van der Waals surface area (Å²) in [4.78, 5) is 126. The Hall–Kier alpha value is -7.90. The van der Waals surface area contributed by atoms with Crippen molar-refractivity contribution in [2.24, 2.45) is 11.8 Å². The van der Waals surface area contributed by atoms with Gasteiger partial charge in [0.15, 0.2) is 0 Å². The molecule has 26 nitrogen and oxygen atoms in total. The maximum atomic E-state index is 11.4. The third-order valence-corrected chi connectivity index (χ3v) is 20.5. The molecule has 2 heterocycles. The molecule has 0 radical (unpaired) electrons. The molecular formula is C103H184N14O12. The van der Waals surface area contributed by atoms with Crippen molar-refractivity contribution in [2.75, 3.05) is 131 Å². The Bertz CT molecular complexity index is 3420. The first-order valence-electron chi connectivity index (χ1n) is 46.1. The maximum Gasteiger partial charge on any atom is 0.147 e. The van der Waals surface area contributed by atoms with Crippen LogP contribution in [0.5, 0.6) is 0 Å². The van der Waals surface area contributed by atoms with Gasteiger partial charge in [-0.2, -0.15) is 0 Å². The van der Waals surface area contributed by atoms with E-state index in [0.717, 1.165) is 103 Å². The van der Waals surface area contributed by atoms with Crippen molar-refractivity contribution in [3.05, 3.63) is 150 Å². The molecule has 3 aromatic carbocycles. The lowest BCUT2D eigenvalue weighted by atomic mass is 9.99. The van der Waals surface area contributed by atoms with E-state index in [0.29, 0.717) is 24.7 Å². The predicted octanol–water partition coefficient (Wildman–Crippen LogP) is 12.6. The summed E-state index contributed by atoms with van der Waals surface area (Å²) in [5.74, 6) is 2.87. The number of hydrogen-bond acceptors (Lipinski definition) is 26. The standard InChI is InChI=1S/C17H19NO.C11H15NO.C10H14N2O.C9H18N2O2.2C9H19NO.C8H15NO2.2C7H15NO.C6H13N.C5H11NO.C5H11N/c1-13(19)17(18-2)12-14-8-10-16(11-9-14)15-6-4-3-5-7-15;1-9(13)11(12-2)8-10-6-4-3-5-7-10;1-8(13)10(11-2)7-9-3-5-12-6-4-9;1-8(12)9(10-2)7-11-3-5-13-6-4-11;2*1-4-5-6-7-9(10-3)8(2)11;1-6(10)4-5-8(9-3)7(2)11;2*1-5(2)7(8-4)6(3)9;1-6(2)4-5-7-3;1-4(6-3)5(2)7;1-5(2)4-6-3/h3-11,17-18H,12H2,1-2H3;3-7,11-12H,8H2,1-2H3;3-6,10-11H,7H2,1-2H3;9-10H,3-7H2,1-2H3;2*9-10H,4-7H2,1-3H3;8-9H,4-5H2,1-3H3;2*5,7-8H,1-4H3;7H,1,4-5H2,2-3H3;4,6H,1-3H3;6H,1,4H2,2-3H3/t17-;11-;10-;3*9-;8-;2*7-;;4-;/m111111111.1./s1. The van der Waals surface area contributed by atoms with E-state index in [-0.39, 0.29) is 124 Å². The summed E-state index contributed by atoms with van der Waals surface area (Å²) >= 11 is 0. The molecule has 129 heavy (non-hydrogen) atoms. The van der Waals surface area contributed by atoms with Gasteiger partial charge in [-0.15, -0.1) is 6.58 Å². The van der Waals surface area contributed by atoms with E-state index < -0.39 is 0 Å². The quantitative estimate of drug-likeness (QED) is 0.0144. The molecule has 0 unspecified atom stereocenters. The van der Waals surface area contributed by atoms with Gasteiger partial charge in [-0.25, -0.2) is 0 Å². The molecule has 738 valence electrons. The van der Waals surface area contributed by atoms with Gasteiger partial charge in [0.1, 0.15) is 63.6 Å². The van der Waals surface area contributed by atoms with E-state index >= 15 is 0 Å². The van der Waals surface area contributed by atoms with E-state index in [4.69, 9.17) is 4.74 Å². The Morgan fingerprint density at radius 1 is 0.357 bits per heavy atom. The van der Waals surface area contributed by atoms with Crippen molar-refractivity contribution in [2.45, 2.75) is 289 Å². The highest BCUT2D eigenvalue weighted by Crippen LogP contribution is 2.20. The molecular weight excluding hydrogens is 1630 g/mol. The summed E-state index contributed by atoms with van der Waals surface area (Å²) in [6.45, 7) is 49.6. The number of ether oxygens (including phenoxy) is 1. The number of unbranched alkanes of at least 4 members (excludes halogenated alkanes) is 4. The number of rotatable bonds is 47. The van der Waals surface area contributed by atoms with Crippen molar-refractivity contribution in [1.29, 1.82) is 0 Å². The average Bonchev–Trinajstić information content (AvgIpc) is 0.856. The van der Waals surface area contributed by atoms with E-state index in [9.17, 15) is 52.7 Å². The monoisotopic (exact) mass is 1810 g/mol. The molecule has 1 aliphatic heterocycles. The molecule has 0 saturated carbocycles. The highest BCUT2D eigenvalue weighted by atomic mass is 16.5. The Morgan fingerprint density at radius 3 is 0.930 bits per heavy atom. The number of nitrogens with one attached hydrogen (secondary N) is 12. The van der Waals surface area contributed by atoms with Crippen LogP contribution in [0.2, 0.25) is 0 Å². The molecule has 0 amide bonds. The lowest BCUT2D eigenvalue weighted by Gasteiger charge is -2.29. The van der Waals surface area contributed by atoms with Gasteiger partial charge in [-0.3, -0.25) is 57.8 Å². The second kappa shape index (κ2) is 89.3. The summed E-state index contributed by atoms with van der Waals surface area (Å²) in [5, 5.41) is 35.6. The lowest BCUT2D eigenvalue weighted by Crippen LogP contribution is -2.47. The number of carbonyl (C=O) groups is 11. The van der Waals surface area contributed by atoms with Crippen molar-refractivity contribution in [1.82, 2.24) is 73.7 Å². The van der Waals surface area contributed by atoms with Crippen LogP contribution >= 0.6 is 0 Å². The fourth-order valence-electron chi connectivity index (χ4n) is 12.2. The zero-order valence-electron chi connectivity index (χ0n) is 86.4. The number of morpholine rings is 1. The molecule has 0 aliphatic carbocycles. The Balaban J connectivity index is -0.000000255. The number of pyridine rings is 1. The SMILES string of the molecule is C=C(C)CCNC.C=C(C)CNC.CCCCC[C@@H](NC)C(C)=O.CCCCC[C@@H](NC)C(C)=O.CN[C@@H](C(C)=O)C(C)C.CN[C@@H](C(C)=O)C(C)C.CN[C@H](C)C(C)=O.CN[C@H](CCC(C)=O)C(C)=O.CN[C@H](CN1CCOCC1)C(C)=O.CN[C@H](Cc1ccc(-c2ccccc2)cc1)C(C)=O.CN[C@H](Cc1ccccc1)C(C)=O.CN[C@H](Cc1ccncc1)C(C)=O. The molecule has 12 N–H and O–H groups in total. The van der Waals surface area contributed by atoms with E-state index in [1.165, 1.54) is 72.9 Å². The zero-order valence-corrected chi connectivity index (χ0v) is 86.4. The molecule has 0 bridgehead atoms. The van der Waals surface area contributed by atoms with Gasteiger partial charge in [0, 0.05) is 45.0 Å². The number of ketones is 11. The third-order valence-electron chi connectivity index (χ3n) is 20.5. The Morgan fingerprint density at radius 2 is 0.690 bits per heavy atom. The minimum Gasteiger partial charge on any atom is -0.379 e. The van der Waals surface area contributed by atoms with Gasteiger partial charge in [0.05, 0.1) is 73.6 Å². The molecule has 0 spiro atoms. The number of likely N-dealkylation sites (N-methyl/N-ethyl adjacent to an activating group) is 11. The zero-order chi connectivity index (χ0) is 100.